The van der Waals surface area contributed by atoms with Gasteiger partial charge in [0.25, 0.3) is 0 Å². The summed E-state index contributed by atoms with van der Waals surface area (Å²) in [5.41, 5.74) is 4.03. The molecule has 1 aliphatic carbocycles. The number of hydrogen-bond acceptors (Lipinski definition) is 3. The second kappa shape index (κ2) is 12.7. The Kier molecular flexibility index (Phi) is 8.52. The summed E-state index contributed by atoms with van der Waals surface area (Å²) < 4.78 is 0.992. The summed E-state index contributed by atoms with van der Waals surface area (Å²) in [5.74, 6) is 1.10. The van der Waals surface area contributed by atoms with E-state index in [0.29, 0.717) is 38.0 Å². The van der Waals surface area contributed by atoms with Gasteiger partial charge in [-0.3, -0.25) is 4.79 Å². The van der Waals surface area contributed by atoms with Gasteiger partial charge in [0.2, 0.25) is 5.91 Å². The lowest BCUT2D eigenvalue weighted by atomic mass is 9.67. The molecule has 4 atom stereocenters. The van der Waals surface area contributed by atoms with Gasteiger partial charge in [-0.15, -0.1) is 0 Å². The molecule has 0 unspecified atom stereocenters. The first-order chi connectivity index (χ1) is 21.5. The number of fused-ring (bicyclic) bond motifs is 2. The average molecular weight is 656 g/mol. The fraction of sp³-hybridized carbons (Fsp3) is 0.459. The number of anilines is 1. The molecule has 3 amide bonds. The minimum Gasteiger partial charge on any atom is -0.339 e. The fourth-order valence-corrected chi connectivity index (χ4v) is 9.14. The SMILES string of the molecule is O=C(Nc1ccccc1)N1Cc2cc(Br)ccc2[C@@]2(CNC[C@H]2C(=O)N2CC[C@@H](c3ccccc3)C[C@H]2C2CCCCC2)C1. The number of urea groups is 1. The normalized spacial score (nSPS) is 27.2. The molecule has 3 heterocycles. The predicted octanol–water partition coefficient (Wildman–Crippen LogP) is 7.31. The molecule has 0 bridgehead atoms. The van der Waals surface area contributed by atoms with Gasteiger partial charge in [0.15, 0.2) is 0 Å². The maximum Gasteiger partial charge on any atom is 0.322 e. The van der Waals surface area contributed by atoms with Crippen LogP contribution < -0.4 is 10.6 Å². The topological polar surface area (TPSA) is 64.7 Å². The zero-order valence-corrected chi connectivity index (χ0v) is 27.0. The molecule has 3 aliphatic heterocycles. The maximum atomic E-state index is 15.0. The molecule has 0 aromatic heterocycles. The number of carbonyl (C=O) groups is 2. The number of rotatable bonds is 4. The number of para-hydroxylation sites is 1. The Balaban J connectivity index is 1.20. The van der Waals surface area contributed by atoms with Crippen molar-refractivity contribution in [2.24, 2.45) is 11.8 Å². The highest BCUT2D eigenvalue weighted by Crippen LogP contribution is 2.46. The van der Waals surface area contributed by atoms with Crippen LogP contribution in [0.4, 0.5) is 10.5 Å². The number of nitrogens with one attached hydrogen (secondary N) is 2. The zero-order chi connectivity index (χ0) is 30.1. The highest BCUT2D eigenvalue weighted by atomic mass is 79.9. The molecule has 7 heteroatoms. The number of amides is 3. The van der Waals surface area contributed by atoms with Crippen LogP contribution in [-0.2, 0) is 16.8 Å². The number of benzene rings is 3. The smallest absolute Gasteiger partial charge is 0.322 e. The summed E-state index contributed by atoms with van der Waals surface area (Å²) in [7, 11) is 0. The first-order valence-electron chi connectivity index (χ1n) is 16.5. The van der Waals surface area contributed by atoms with Gasteiger partial charge >= 0.3 is 6.03 Å². The molecule has 1 spiro atoms. The minimum absolute atomic E-state index is 0.122. The molecule has 3 aromatic carbocycles. The summed E-state index contributed by atoms with van der Waals surface area (Å²) in [6.45, 7) is 3.15. The van der Waals surface area contributed by atoms with Gasteiger partial charge in [-0.25, -0.2) is 4.79 Å². The van der Waals surface area contributed by atoms with Gasteiger partial charge < -0.3 is 20.4 Å². The summed E-state index contributed by atoms with van der Waals surface area (Å²) in [6, 6.07) is 27.1. The van der Waals surface area contributed by atoms with Crippen molar-refractivity contribution in [1.82, 2.24) is 15.1 Å². The Morgan fingerprint density at radius 3 is 2.43 bits per heavy atom. The van der Waals surface area contributed by atoms with Crippen LogP contribution in [0, 0.1) is 11.8 Å². The van der Waals surface area contributed by atoms with Crippen LogP contribution in [0.3, 0.4) is 0 Å². The van der Waals surface area contributed by atoms with E-state index in [4.69, 9.17) is 0 Å². The van der Waals surface area contributed by atoms with Gasteiger partial charge in [0.1, 0.15) is 0 Å². The van der Waals surface area contributed by atoms with Crippen LogP contribution >= 0.6 is 15.9 Å². The van der Waals surface area contributed by atoms with Gasteiger partial charge in [-0.05, 0) is 78.5 Å². The predicted molar refractivity (Wildman–Crippen MR) is 179 cm³/mol. The maximum absolute atomic E-state index is 15.0. The highest BCUT2D eigenvalue weighted by Gasteiger charge is 2.54. The van der Waals surface area contributed by atoms with E-state index >= 15 is 0 Å². The third-order valence-electron chi connectivity index (χ3n) is 10.9. The molecule has 3 aromatic rings. The molecule has 2 N–H and O–H groups in total. The largest absolute Gasteiger partial charge is 0.339 e. The quantitative estimate of drug-likeness (QED) is 0.310. The molecule has 4 aliphatic rings. The van der Waals surface area contributed by atoms with Gasteiger partial charge in [0, 0.05) is 54.3 Å². The van der Waals surface area contributed by atoms with Crippen LogP contribution in [0.25, 0.3) is 0 Å². The number of piperidine rings is 1. The molecular weight excluding hydrogens is 612 g/mol. The van der Waals surface area contributed by atoms with E-state index < -0.39 is 5.41 Å². The third-order valence-corrected chi connectivity index (χ3v) is 11.4. The molecule has 6 nitrogen and oxygen atoms in total. The van der Waals surface area contributed by atoms with Crippen LogP contribution in [0.2, 0.25) is 0 Å². The van der Waals surface area contributed by atoms with Crippen LogP contribution in [0.15, 0.2) is 83.3 Å². The Morgan fingerprint density at radius 2 is 1.66 bits per heavy atom. The van der Waals surface area contributed by atoms with Crippen molar-refractivity contribution in [2.45, 2.75) is 68.9 Å². The zero-order valence-electron chi connectivity index (χ0n) is 25.4. The number of nitrogens with zero attached hydrogens (tertiary/aromatic N) is 2. The van der Waals surface area contributed by atoms with E-state index in [1.54, 1.807) is 0 Å². The molecule has 7 rings (SSSR count). The average Bonchev–Trinajstić information content (AvgIpc) is 3.48. The molecule has 0 radical (unpaired) electrons. The molecule has 3 fully saturated rings. The number of likely N-dealkylation sites (tertiary alicyclic amines) is 1. The van der Waals surface area contributed by atoms with E-state index in [1.165, 1.54) is 43.2 Å². The van der Waals surface area contributed by atoms with E-state index in [1.807, 2.05) is 35.2 Å². The first-order valence-corrected chi connectivity index (χ1v) is 17.3. The van der Waals surface area contributed by atoms with Crippen molar-refractivity contribution in [1.29, 1.82) is 0 Å². The van der Waals surface area contributed by atoms with Crippen LogP contribution in [-0.4, -0.2) is 54.0 Å². The van der Waals surface area contributed by atoms with Crippen molar-refractivity contribution in [2.75, 3.05) is 31.5 Å². The molecule has 44 heavy (non-hydrogen) atoms. The molecule has 2 saturated heterocycles. The summed E-state index contributed by atoms with van der Waals surface area (Å²) in [6.07, 6.45) is 8.32. The Hall–Kier alpha value is -3.16. The van der Waals surface area contributed by atoms with E-state index in [9.17, 15) is 9.59 Å². The van der Waals surface area contributed by atoms with E-state index in [2.05, 4.69) is 80.0 Å². The molecule has 1 saturated carbocycles. The van der Waals surface area contributed by atoms with Crippen LogP contribution in [0.1, 0.15) is 67.6 Å². The Labute approximate surface area is 269 Å². The number of carbonyl (C=O) groups excluding carboxylic acids is 2. The minimum atomic E-state index is -0.479. The summed E-state index contributed by atoms with van der Waals surface area (Å²) >= 11 is 3.67. The standard InChI is InChI=1S/C37H43BrN4O2/c38-30-16-17-32-29(20-30)23-41(36(44)40-31-14-8-3-9-15-31)25-37(32)24-39-22-33(37)35(43)42-19-18-28(26-10-4-1-5-11-26)21-34(42)27-12-6-2-7-13-27/h1,3-5,8-11,14-17,20,27-28,33-34,39H,2,6-7,12-13,18-19,21-25H2,(H,40,44)/t28-,33+,34+,37-/m1/s1. The lowest BCUT2D eigenvalue weighted by Gasteiger charge is -2.49. The third kappa shape index (κ3) is 5.69. The molecular formula is C37H43BrN4O2. The van der Waals surface area contributed by atoms with Crippen molar-refractivity contribution in [3.63, 3.8) is 0 Å². The van der Waals surface area contributed by atoms with Crippen molar-refractivity contribution >= 4 is 33.6 Å². The first kappa shape index (κ1) is 29.5. The monoisotopic (exact) mass is 654 g/mol. The molecule has 230 valence electrons. The lowest BCUT2D eigenvalue weighted by Crippen LogP contribution is -2.59. The number of hydrogen-bond donors (Lipinski definition) is 2. The van der Waals surface area contributed by atoms with Gasteiger partial charge in [0.05, 0.1) is 5.92 Å². The van der Waals surface area contributed by atoms with Crippen molar-refractivity contribution < 1.29 is 9.59 Å². The van der Waals surface area contributed by atoms with E-state index in [-0.39, 0.29) is 23.9 Å². The second-order valence-electron chi connectivity index (χ2n) is 13.4. The highest BCUT2D eigenvalue weighted by molar-refractivity contribution is 9.10. The Morgan fingerprint density at radius 1 is 0.909 bits per heavy atom. The Bertz CT molecular complexity index is 1480. The van der Waals surface area contributed by atoms with E-state index in [0.717, 1.165) is 35.1 Å². The summed E-state index contributed by atoms with van der Waals surface area (Å²) in [4.78, 5) is 32.9. The van der Waals surface area contributed by atoms with Gasteiger partial charge in [-0.2, -0.15) is 0 Å². The lowest BCUT2D eigenvalue weighted by molar-refractivity contribution is -0.143. The van der Waals surface area contributed by atoms with Gasteiger partial charge in [-0.1, -0.05) is 89.8 Å². The second-order valence-corrected chi connectivity index (χ2v) is 14.3. The van der Waals surface area contributed by atoms with Crippen molar-refractivity contribution in [3.05, 3.63) is 100 Å². The van der Waals surface area contributed by atoms with Crippen molar-refractivity contribution in [3.8, 4) is 0 Å². The number of halogens is 1. The van der Waals surface area contributed by atoms with Crippen LogP contribution in [0.5, 0.6) is 0 Å². The fourth-order valence-electron chi connectivity index (χ4n) is 8.73. The summed E-state index contributed by atoms with van der Waals surface area (Å²) in [5, 5.41) is 6.73.